The van der Waals surface area contributed by atoms with Crippen LogP contribution in [0, 0.1) is 0 Å². The van der Waals surface area contributed by atoms with Crippen molar-refractivity contribution in [3.8, 4) is 11.4 Å². The maximum Gasteiger partial charge on any atom is 0.124 e. The number of rotatable bonds is 6. The molecule has 23 heavy (non-hydrogen) atoms. The van der Waals surface area contributed by atoms with Crippen LogP contribution in [0.1, 0.15) is 31.4 Å². The van der Waals surface area contributed by atoms with Gasteiger partial charge in [0.25, 0.3) is 0 Å². The molecule has 118 valence electrons. The van der Waals surface area contributed by atoms with E-state index in [1.807, 2.05) is 42.5 Å². The van der Waals surface area contributed by atoms with Crippen LogP contribution in [0.15, 0.2) is 67.0 Å². The molecule has 0 aliphatic heterocycles. The molecule has 1 unspecified atom stereocenters. The van der Waals surface area contributed by atoms with Gasteiger partial charge in [0.1, 0.15) is 11.9 Å². The van der Waals surface area contributed by atoms with Crippen LogP contribution < -0.4 is 4.74 Å². The van der Waals surface area contributed by atoms with E-state index in [9.17, 15) is 0 Å². The van der Waals surface area contributed by atoms with Gasteiger partial charge in [-0.25, -0.2) is 4.68 Å². The predicted octanol–water partition coefficient (Wildman–Crippen LogP) is 5.45. The van der Waals surface area contributed by atoms with Crippen LogP contribution in [0.4, 0.5) is 0 Å². The fourth-order valence-electron chi connectivity index (χ4n) is 2.51. The van der Waals surface area contributed by atoms with Crippen LogP contribution in [0.3, 0.4) is 0 Å². The molecule has 0 amide bonds. The van der Waals surface area contributed by atoms with Crippen LogP contribution >= 0.6 is 11.6 Å². The van der Waals surface area contributed by atoms with E-state index in [1.54, 1.807) is 17.1 Å². The fraction of sp³-hybridized carbons (Fsp3) is 0.211. The summed E-state index contributed by atoms with van der Waals surface area (Å²) in [6.45, 7) is 2.17. The van der Waals surface area contributed by atoms with Gasteiger partial charge in [-0.15, -0.1) is 0 Å². The molecule has 0 fully saturated rings. The van der Waals surface area contributed by atoms with E-state index in [0.29, 0.717) is 5.02 Å². The zero-order valence-electron chi connectivity index (χ0n) is 13.0. The van der Waals surface area contributed by atoms with Gasteiger partial charge in [0.2, 0.25) is 0 Å². The molecular formula is C19H19ClN2O. The van der Waals surface area contributed by atoms with Crippen molar-refractivity contribution in [3.05, 3.63) is 77.6 Å². The van der Waals surface area contributed by atoms with Crippen molar-refractivity contribution in [2.75, 3.05) is 0 Å². The van der Waals surface area contributed by atoms with Gasteiger partial charge in [-0.1, -0.05) is 55.3 Å². The molecule has 0 spiro atoms. The van der Waals surface area contributed by atoms with Crippen molar-refractivity contribution in [1.29, 1.82) is 0 Å². The third-order valence-corrected chi connectivity index (χ3v) is 3.85. The smallest absolute Gasteiger partial charge is 0.124 e. The second kappa shape index (κ2) is 7.34. The van der Waals surface area contributed by atoms with Gasteiger partial charge >= 0.3 is 0 Å². The fourth-order valence-corrected chi connectivity index (χ4v) is 2.64. The van der Waals surface area contributed by atoms with Gasteiger partial charge in [-0.3, -0.25) is 0 Å². The third-order valence-electron chi connectivity index (χ3n) is 3.65. The summed E-state index contributed by atoms with van der Waals surface area (Å²) in [5.74, 6) is 0.856. The molecule has 3 rings (SSSR count). The minimum Gasteiger partial charge on any atom is -0.486 e. The van der Waals surface area contributed by atoms with Crippen molar-refractivity contribution < 1.29 is 4.74 Å². The summed E-state index contributed by atoms with van der Waals surface area (Å²) in [6, 6.07) is 18.2. The minimum absolute atomic E-state index is 0.0752. The third kappa shape index (κ3) is 3.93. The van der Waals surface area contributed by atoms with Gasteiger partial charge in [0, 0.05) is 6.20 Å². The van der Waals surface area contributed by atoms with E-state index in [-0.39, 0.29) is 6.10 Å². The minimum atomic E-state index is 0.0752. The Morgan fingerprint density at radius 3 is 2.43 bits per heavy atom. The Bertz CT molecular complexity index is 738. The molecule has 2 aromatic carbocycles. The number of halogens is 1. The lowest BCUT2D eigenvalue weighted by Crippen LogP contribution is -2.07. The second-order valence-corrected chi connectivity index (χ2v) is 5.84. The average Bonchev–Trinajstić information content (AvgIpc) is 3.02. The normalized spacial score (nSPS) is 12.1. The highest BCUT2D eigenvalue weighted by atomic mass is 35.5. The van der Waals surface area contributed by atoms with Crippen molar-refractivity contribution in [1.82, 2.24) is 9.78 Å². The highest BCUT2D eigenvalue weighted by Crippen LogP contribution is 2.26. The molecule has 0 radical (unpaired) electrons. The lowest BCUT2D eigenvalue weighted by atomic mass is 10.1. The van der Waals surface area contributed by atoms with E-state index < -0.39 is 0 Å². The summed E-state index contributed by atoms with van der Waals surface area (Å²) in [6.07, 6.45) is 5.54. The van der Waals surface area contributed by atoms with Gasteiger partial charge in [0.15, 0.2) is 0 Å². The van der Waals surface area contributed by atoms with Crippen molar-refractivity contribution in [2.45, 2.75) is 25.9 Å². The molecule has 1 aromatic heterocycles. The van der Waals surface area contributed by atoms with E-state index in [2.05, 4.69) is 24.2 Å². The van der Waals surface area contributed by atoms with E-state index >= 15 is 0 Å². The first kappa shape index (κ1) is 15.6. The van der Waals surface area contributed by atoms with Crippen molar-refractivity contribution in [3.63, 3.8) is 0 Å². The Balaban J connectivity index is 1.76. The van der Waals surface area contributed by atoms with Crippen molar-refractivity contribution in [2.24, 2.45) is 0 Å². The highest BCUT2D eigenvalue weighted by molar-refractivity contribution is 6.30. The molecule has 1 heterocycles. The average molecular weight is 327 g/mol. The topological polar surface area (TPSA) is 27.1 Å². The zero-order valence-corrected chi connectivity index (χ0v) is 13.8. The molecule has 0 aliphatic carbocycles. The van der Waals surface area contributed by atoms with Crippen LogP contribution in [-0.2, 0) is 0 Å². The lowest BCUT2D eigenvalue weighted by Gasteiger charge is -2.19. The van der Waals surface area contributed by atoms with E-state index in [4.69, 9.17) is 16.3 Å². The first-order valence-corrected chi connectivity index (χ1v) is 8.16. The van der Waals surface area contributed by atoms with Gasteiger partial charge in [-0.2, -0.15) is 5.10 Å². The second-order valence-electron chi connectivity index (χ2n) is 5.40. The Hall–Kier alpha value is -2.26. The summed E-state index contributed by atoms with van der Waals surface area (Å²) >= 11 is 5.90. The zero-order chi connectivity index (χ0) is 16.1. The number of hydrogen-bond acceptors (Lipinski definition) is 2. The Kier molecular flexibility index (Phi) is 4.99. The summed E-state index contributed by atoms with van der Waals surface area (Å²) in [4.78, 5) is 0. The molecule has 3 aromatic rings. The van der Waals surface area contributed by atoms with Crippen molar-refractivity contribution >= 4 is 11.6 Å². The monoisotopic (exact) mass is 326 g/mol. The Morgan fingerprint density at radius 2 is 1.83 bits per heavy atom. The van der Waals surface area contributed by atoms with Crippen LogP contribution in [0.2, 0.25) is 5.02 Å². The summed E-state index contributed by atoms with van der Waals surface area (Å²) in [5.41, 5.74) is 2.16. The van der Waals surface area contributed by atoms with Gasteiger partial charge < -0.3 is 4.74 Å². The van der Waals surface area contributed by atoms with Gasteiger partial charge in [0.05, 0.1) is 16.9 Å². The lowest BCUT2D eigenvalue weighted by molar-refractivity contribution is 0.194. The number of aromatic nitrogens is 2. The van der Waals surface area contributed by atoms with Gasteiger partial charge in [-0.05, 0) is 36.2 Å². The molecule has 0 saturated carbocycles. The quantitative estimate of drug-likeness (QED) is 0.602. The Morgan fingerprint density at radius 1 is 1.09 bits per heavy atom. The first-order valence-electron chi connectivity index (χ1n) is 7.78. The summed E-state index contributed by atoms with van der Waals surface area (Å²) in [7, 11) is 0. The van der Waals surface area contributed by atoms with Crippen LogP contribution in [0.25, 0.3) is 5.69 Å². The van der Waals surface area contributed by atoms with E-state index in [0.717, 1.165) is 24.3 Å². The number of ether oxygens (including phenoxy) is 1. The molecule has 3 nitrogen and oxygen atoms in total. The molecule has 0 saturated heterocycles. The predicted molar refractivity (Wildman–Crippen MR) is 93.3 cm³/mol. The molecule has 1 atom stereocenters. The maximum atomic E-state index is 6.18. The summed E-state index contributed by atoms with van der Waals surface area (Å²) in [5, 5.41) is 4.82. The number of hydrogen-bond donors (Lipinski definition) is 0. The molecule has 4 heteroatoms. The first-order chi connectivity index (χ1) is 11.3. The molecule has 0 N–H and O–H groups in total. The van der Waals surface area contributed by atoms with E-state index in [1.165, 1.54) is 5.56 Å². The van der Waals surface area contributed by atoms with Crippen LogP contribution in [-0.4, -0.2) is 9.78 Å². The maximum absolute atomic E-state index is 6.18. The molecular weight excluding hydrogens is 308 g/mol. The Labute approximate surface area is 141 Å². The SMILES string of the molecule is CCCC(Oc1ccc(-n2cc(Cl)cn2)cc1)c1ccccc1. The molecule has 0 bridgehead atoms. The standard InChI is InChI=1S/C19H19ClN2O/c1-2-6-19(15-7-4-3-5-8-15)23-18-11-9-17(10-12-18)22-14-16(20)13-21-22/h3-5,7-14,19H,2,6H2,1H3. The number of benzene rings is 2. The highest BCUT2D eigenvalue weighted by Gasteiger charge is 2.12. The largest absolute Gasteiger partial charge is 0.486 e. The molecule has 0 aliphatic rings. The number of nitrogens with zero attached hydrogens (tertiary/aromatic N) is 2. The van der Waals surface area contributed by atoms with Crippen LogP contribution in [0.5, 0.6) is 5.75 Å². The summed E-state index contributed by atoms with van der Waals surface area (Å²) < 4.78 is 7.92.